The van der Waals surface area contributed by atoms with Gasteiger partial charge in [-0.3, -0.25) is 9.59 Å². The lowest BCUT2D eigenvalue weighted by molar-refractivity contribution is -0.137. The van der Waals surface area contributed by atoms with Crippen molar-refractivity contribution in [3.8, 4) is 0 Å². The van der Waals surface area contributed by atoms with Crippen LogP contribution in [-0.4, -0.2) is 27.6 Å². The number of aromatic nitrogens is 1. The first-order chi connectivity index (χ1) is 11.4. The number of carboxylic acid groups (broad SMARTS) is 1. The summed E-state index contributed by atoms with van der Waals surface area (Å²) in [7, 11) is 0. The van der Waals surface area contributed by atoms with E-state index < -0.39 is 5.97 Å². The van der Waals surface area contributed by atoms with Crippen LogP contribution in [0.1, 0.15) is 47.1 Å². The van der Waals surface area contributed by atoms with E-state index >= 15 is 0 Å². The summed E-state index contributed by atoms with van der Waals surface area (Å²) in [4.78, 5) is 23.1. The third-order valence-electron chi connectivity index (χ3n) is 4.17. The lowest BCUT2D eigenvalue weighted by Gasteiger charge is -2.13. The highest BCUT2D eigenvalue weighted by atomic mass is 16.4. The topological polar surface area (TPSA) is 71.3 Å². The van der Waals surface area contributed by atoms with Gasteiger partial charge in [0, 0.05) is 30.4 Å². The molecule has 0 aliphatic rings. The molecule has 0 aliphatic carbocycles. The first kappa shape index (κ1) is 17.8. The number of amides is 1. The Morgan fingerprint density at radius 2 is 1.88 bits per heavy atom. The molecule has 1 heterocycles. The number of hydrogen-bond donors (Lipinski definition) is 2. The van der Waals surface area contributed by atoms with E-state index in [1.165, 1.54) is 5.56 Å². The van der Waals surface area contributed by atoms with Crippen LogP contribution in [-0.2, 0) is 11.3 Å². The molecule has 1 atom stereocenters. The molecule has 128 valence electrons. The van der Waals surface area contributed by atoms with Crippen LogP contribution in [0.5, 0.6) is 0 Å². The molecule has 2 aromatic rings. The number of carbonyl (C=O) groups excluding carboxylic acids is 1. The van der Waals surface area contributed by atoms with Crippen molar-refractivity contribution in [2.75, 3.05) is 0 Å². The van der Waals surface area contributed by atoms with Crippen molar-refractivity contribution < 1.29 is 14.7 Å². The van der Waals surface area contributed by atoms with Gasteiger partial charge in [-0.15, -0.1) is 0 Å². The van der Waals surface area contributed by atoms with Crippen molar-refractivity contribution in [1.29, 1.82) is 0 Å². The van der Waals surface area contributed by atoms with E-state index in [1.807, 2.05) is 45.0 Å². The minimum Gasteiger partial charge on any atom is -0.481 e. The summed E-state index contributed by atoms with van der Waals surface area (Å²) in [6.07, 6.45) is 0.471. The van der Waals surface area contributed by atoms with Crippen LogP contribution in [0.15, 0.2) is 36.4 Å². The maximum Gasteiger partial charge on any atom is 0.303 e. The highest BCUT2D eigenvalue weighted by molar-refractivity contribution is 5.95. The number of rotatable bonds is 7. The molecule has 0 fully saturated rings. The summed E-state index contributed by atoms with van der Waals surface area (Å²) in [6, 6.07) is 11.8. The molecule has 1 aromatic carbocycles. The molecule has 2 rings (SSSR count). The lowest BCUT2D eigenvalue weighted by Crippen LogP contribution is -2.33. The lowest BCUT2D eigenvalue weighted by atomic mass is 10.1. The van der Waals surface area contributed by atoms with Crippen LogP contribution in [0.4, 0.5) is 0 Å². The van der Waals surface area contributed by atoms with Crippen molar-refractivity contribution in [3.05, 3.63) is 58.9 Å². The van der Waals surface area contributed by atoms with Crippen LogP contribution in [0, 0.1) is 13.8 Å². The highest BCUT2D eigenvalue weighted by Crippen LogP contribution is 2.17. The molecular formula is C19H24N2O3. The fourth-order valence-electron chi connectivity index (χ4n) is 2.75. The van der Waals surface area contributed by atoms with Crippen LogP contribution >= 0.6 is 0 Å². The number of aryl methyl sites for hydroxylation is 1. The molecule has 2 N–H and O–H groups in total. The summed E-state index contributed by atoms with van der Waals surface area (Å²) in [6.45, 7) is 6.47. The number of aliphatic carboxylic acids is 1. The van der Waals surface area contributed by atoms with Gasteiger partial charge in [0.1, 0.15) is 0 Å². The SMILES string of the molecule is Cc1cc(C(=O)NC(C)CCC(=O)O)c(C)n1Cc1ccccc1. The number of hydrogen-bond acceptors (Lipinski definition) is 2. The van der Waals surface area contributed by atoms with Gasteiger partial charge in [-0.25, -0.2) is 0 Å². The van der Waals surface area contributed by atoms with Crippen LogP contribution < -0.4 is 5.32 Å². The van der Waals surface area contributed by atoms with Gasteiger partial charge >= 0.3 is 5.97 Å². The third kappa shape index (κ3) is 4.47. The minimum atomic E-state index is -0.850. The average Bonchev–Trinajstić information content (AvgIpc) is 2.82. The van der Waals surface area contributed by atoms with Gasteiger partial charge in [-0.05, 0) is 38.8 Å². The van der Waals surface area contributed by atoms with Crippen LogP contribution in [0.25, 0.3) is 0 Å². The Labute approximate surface area is 142 Å². The summed E-state index contributed by atoms with van der Waals surface area (Å²) in [5, 5.41) is 11.6. The number of carboxylic acids is 1. The Bertz CT molecular complexity index is 720. The molecule has 0 aliphatic heterocycles. The molecular weight excluding hydrogens is 304 g/mol. The van der Waals surface area contributed by atoms with Crippen molar-refractivity contribution in [2.45, 2.75) is 46.2 Å². The molecule has 5 heteroatoms. The smallest absolute Gasteiger partial charge is 0.303 e. The zero-order chi connectivity index (χ0) is 17.7. The van der Waals surface area contributed by atoms with Crippen molar-refractivity contribution in [2.24, 2.45) is 0 Å². The zero-order valence-corrected chi connectivity index (χ0v) is 14.4. The second-order valence-electron chi connectivity index (χ2n) is 6.16. The van der Waals surface area contributed by atoms with Crippen molar-refractivity contribution in [3.63, 3.8) is 0 Å². The van der Waals surface area contributed by atoms with Gasteiger partial charge in [-0.1, -0.05) is 30.3 Å². The molecule has 0 saturated heterocycles. The Morgan fingerprint density at radius 3 is 2.50 bits per heavy atom. The summed E-state index contributed by atoms with van der Waals surface area (Å²) in [5.74, 6) is -1.00. The Morgan fingerprint density at radius 1 is 1.21 bits per heavy atom. The van der Waals surface area contributed by atoms with Gasteiger partial charge in [0.15, 0.2) is 0 Å². The third-order valence-corrected chi connectivity index (χ3v) is 4.17. The molecule has 0 spiro atoms. The van der Waals surface area contributed by atoms with E-state index in [4.69, 9.17) is 5.11 Å². The normalized spacial score (nSPS) is 12.0. The molecule has 0 radical (unpaired) electrons. The molecule has 0 bridgehead atoms. The fraction of sp³-hybridized carbons (Fsp3) is 0.368. The minimum absolute atomic E-state index is 0.0501. The Kier molecular flexibility index (Phi) is 5.79. The predicted octanol–water partition coefficient (Wildman–Crippen LogP) is 3.14. The van der Waals surface area contributed by atoms with E-state index in [0.29, 0.717) is 12.0 Å². The van der Waals surface area contributed by atoms with Crippen molar-refractivity contribution in [1.82, 2.24) is 9.88 Å². The van der Waals surface area contributed by atoms with Gasteiger partial charge in [-0.2, -0.15) is 0 Å². The maximum absolute atomic E-state index is 12.5. The Balaban J connectivity index is 2.10. The first-order valence-electron chi connectivity index (χ1n) is 8.11. The van der Waals surface area contributed by atoms with Gasteiger partial charge in [0.2, 0.25) is 0 Å². The average molecular weight is 328 g/mol. The second kappa shape index (κ2) is 7.81. The summed E-state index contributed by atoms with van der Waals surface area (Å²) in [5.41, 5.74) is 3.77. The fourth-order valence-corrected chi connectivity index (χ4v) is 2.75. The van der Waals surface area contributed by atoms with E-state index in [1.54, 1.807) is 0 Å². The van der Waals surface area contributed by atoms with Gasteiger partial charge in [0.25, 0.3) is 5.91 Å². The van der Waals surface area contributed by atoms with Crippen LogP contribution in [0.2, 0.25) is 0 Å². The standard InChI is InChI=1S/C19H24N2O3/c1-13(9-10-18(22)23)20-19(24)17-11-14(2)21(15(17)3)12-16-7-5-4-6-8-16/h4-8,11,13H,9-10,12H2,1-3H3,(H,20,24)(H,22,23). The van der Waals surface area contributed by atoms with Gasteiger partial charge < -0.3 is 15.0 Å². The number of nitrogens with zero attached hydrogens (tertiary/aromatic N) is 1. The molecule has 5 nitrogen and oxygen atoms in total. The van der Waals surface area contributed by atoms with E-state index in [0.717, 1.165) is 17.9 Å². The van der Waals surface area contributed by atoms with E-state index in [-0.39, 0.29) is 18.4 Å². The number of carbonyl (C=O) groups is 2. The predicted molar refractivity (Wildman–Crippen MR) is 93.2 cm³/mol. The van der Waals surface area contributed by atoms with E-state index in [2.05, 4.69) is 22.0 Å². The van der Waals surface area contributed by atoms with Gasteiger partial charge in [0.05, 0.1) is 5.56 Å². The van der Waals surface area contributed by atoms with Crippen LogP contribution in [0.3, 0.4) is 0 Å². The molecule has 1 amide bonds. The second-order valence-corrected chi connectivity index (χ2v) is 6.16. The van der Waals surface area contributed by atoms with E-state index in [9.17, 15) is 9.59 Å². The highest BCUT2D eigenvalue weighted by Gasteiger charge is 2.17. The maximum atomic E-state index is 12.5. The monoisotopic (exact) mass is 328 g/mol. The number of benzene rings is 1. The first-order valence-corrected chi connectivity index (χ1v) is 8.11. The molecule has 1 unspecified atom stereocenters. The molecule has 1 aromatic heterocycles. The molecule has 24 heavy (non-hydrogen) atoms. The number of nitrogens with one attached hydrogen (secondary N) is 1. The molecule has 0 saturated carbocycles. The summed E-state index contributed by atoms with van der Waals surface area (Å²) < 4.78 is 2.12. The Hall–Kier alpha value is -2.56. The zero-order valence-electron chi connectivity index (χ0n) is 14.4. The van der Waals surface area contributed by atoms with Crippen molar-refractivity contribution >= 4 is 11.9 Å². The largest absolute Gasteiger partial charge is 0.481 e. The quantitative estimate of drug-likeness (QED) is 0.820. The summed E-state index contributed by atoms with van der Waals surface area (Å²) >= 11 is 0.